The Morgan fingerprint density at radius 1 is 0.950 bits per heavy atom. The molecule has 7 heteroatoms. The average molecular weight is 540 g/mol. The molecule has 3 aromatic carbocycles. The van der Waals surface area contributed by atoms with Gasteiger partial charge in [-0.2, -0.15) is 0 Å². The van der Waals surface area contributed by atoms with Crippen LogP contribution in [0.25, 0.3) is 10.9 Å². The normalized spacial score (nSPS) is 13.4. The highest BCUT2D eigenvalue weighted by atomic mass is 16.5. The highest BCUT2D eigenvalue weighted by molar-refractivity contribution is 6.23. The number of ether oxygens (including phenoxy) is 1. The fourth-order valence-corrected chi connectivity index (χ4v) is 5.25. The molecule has 0 aliphatic rings. The van der Waals surface area contributed by atoms with Crippen LogP contribution in [0.15, 0.2) is 84.9 Å². The summed E-state index contributed by atoms with van der Waals surface area (Å²) >= 11 is 0. The van der Waals surface area contributed by atoms with Gasteiger partial charge in [-0.05, 0) is 49.9 Å². The fourth-order valence-electron chi connectivity index (χ4n) is 5.25. The number of Topliss-reactive ketones (excluding diaryl/α,β-unsaturated/α-hetero) is 1. The number of H-pyrrole nitrogens is 1. The van der Waals surface area contributed by atoms with Crippen molar-refractivity contribution in [3.05, 3.63) is 102 Å². The first-order valence-corrected chi connectivity index (χ1v) is 13.6. The van der Waals surface area contributed by atoms with E-state index in [0.29, 0.717) is 24.1 Å². The van der Waals surface area contributed by atoms with Gasteiger partial charge in [0.1, 0.15) is 0 Å². The number of aromatic nitrogens is 1. The maximum absolute atomic E-state index is 14.4. The summed E-state index contributed by atoms with van der Waals surface area (Å²) in [5, 5.41) is 3.90. The lowest BCUT2D eigenvalue weighted by Gasteiger charge is -2.36. The van der Waals surface area contributed by atoms with E-state index in [1.807, 2.05) is 62.4 Å². The molecule has 1 heterocycles. The monoisotopic (exact) mass is 539 g/mol. The molecular formula is C33H37N3O4. The highest BCUT2D eigenvalue weighted by Crippen LogP contribution is 2.28. The molecule has 2 N–H and O–H groups in total. The predicted molar refractivity (Wildman–Crippen MR) is 159 cm³/mol. The minimum Gasteiger partial charge on any atom is -0.381 e. The molecule has 0 bridgehead atoms. The lowest BCUT2D eigenvalue weighted by Crippen LogP contribution is -2.64. The number of carbonyl (C=O) groups is 3. The number of rotatable bonds is 12. The predicted octanol–water partition coefficient (Wildman–Crippen LogP) is 5.62. The third kappa shape index (κ3) is 6.00. The van der Waals surface area contributed by atoms with E-state index in [9.17, 15) is 14.4 Å². The number of nitrogens with zero attached hydrogens (tertiary/aromatic N) is 1. The number of ketones is 1. The van der Waals surface area contributed by atoms with Gasteiger partial charge in [0.2, 0.25) is 5.91 Å². The van der Waals surface area contributed by atoms with Crippen LogP contribution in [0.5, 0.6) is 0 Å². The zero-order valence-electron chi connectivity index (χ0n) is 23.6. The van der Waals surface area contributed by atoms with E-state index >= 15 is 0 Å². The molecule has 0 fully saturated rings. The summed E-state index contributed by atoms with van der Waals surface area (Å²) in [6, 6.07) is 25.6. The minimum atomic E-state index is -1.84. The lowest BCUT2D eigenvalue weighted by atomic mass is 9.81. The minimum absolute atomic E-state index is 0.0173. The Morgan fingerprint density at radius 2 is 1.57 bits per heavy atom. The first-order valence-electron chi connectivity index (χ1n) is 13.6. The zero-order chi connectivity index (χ0) is 28.7. The molecule has 0 saturated heterocycles. The van der Waals surface area contributed by atoms with Crippen molar-refractivity contribution in [2.75, 3.05) is 19.1 Å². The van der Waals surface area contributed by atoms with Crippen molar-refractivity contribution in [2.45, 2.75) is 51.2 Å². The number of hydrogen-bond acceptors (Lipinski definition) is 4. The molecule has 0 aliphatic heterocycles. The van der Waals surface area contributed by atoms with Crippen LogP contribution >= 0.6 is 0 Å². The molecule has 4 aromatic rings. The second-order valence-electron chi connectivity index (χ2n) is 10.1. The SMILES string of the molecule is CCC(CCC(NC(=O)Cc1c(C)[nH]c2ccccc12)(C(=O)c1ccccc1)C(=O)N(C)c1ccccc1)OC. The number of aromatic amines is 1. The largest absolute Gasteiger partial charge is 0.381 e. The van der Waals surface area contributed by atoms with Gasteiger partial charge in [-0.3, -0.25) is 14.4 Å². The van der Waals surface area contributed by atoms with Gasteiger partial charge in [-0.25, -0.2) is 0 Å². The van der Waals surface area contributed by atoms with Gasteiger partial charge in [0.25, 0.3) is 5.91 Å². The van der Waals surface area contributed by atoms with E-state index in [1.165, 1.54) is 4.90 Å². The summed E-state index contributed by atoms with van der Waals surface area (Å²) in [6.07, 6.45) is 1.04. The zero-order valence-corrected chi connectivity index (χ0v) is 23.6. The molecular weight excluding hydrogens is 502 g/mol. The number of carbonyl (C=O) groups excluding carboxylic acids is 3. The van der Waals surface area contributed by atoms with Crippen LogP contribution in [0.3, 0.4) is 0 Å². The lowest BCUT2D eigenvalue weighted by molar-refractivity contribution is -0.130. The Hall–Kier alpha value is -4.23. The van der Waals surface area contributed by atoms with Gasteiger partial charge in [0.05, 0.1) is 12.5 Å². The van der Waals surface area contributed by atoms with Crippen LogP contribution in [0, 0.1) is 6.92 Å². The van der Waals surface area contributed by atoms with Crippen molar-refractivity contribution < 1.29 is 19.1 Å². The van der Waals surface area contributed by atoms with Crippen molar-refractivity contribution in [1.82, 2.24) is 10.3 Å². The number of hydrogen-bond donors (Lipinski definition) is 2. The van der Waals surface area contributed by atoms with Crippen LogP contribution in [0.4, 0.5) is 5.69 Å². The quantitative estimate of drug-likeness (QED) is 0.180. The van der Waals surface area contributed by atoms with Crippen molar-refractivity contribution >= 4 is 34.2 Å². The van der Waals surface area contributed by atoms with E-state index < -0.39 is 23.1 Å². The molecule has 2 amide bonds. The van der Waals surface area contributed by atoms with Crippen molar-refractivity contribution in [3.8, 4) is 0 Å². The van der Waals surface area contributed by atoms with Gasteiger partial charge in [0.15, 0.2) is 11.3 Å². The number of para-hydroxylation sites is 2. The van der Waals surface area contributed by atoms with Crippen molar-refractivity contribution in [3.63, 3.8) is 0 Å². The molecule has 0 aliphatic carbocycles. The number of methoxy groups -OCH3 is 1. The van der Waals surface area contributed by atoms with Gasteiger partial charge in [-0.1, -0.05) is 73.7 Å². The molecule has 0 saturated carbocycles. The second kappa shape index (κ2) is 12.7. The van der Waals surface area contributed by atoms with Gasteiger partial charge < -0.3 is 19.9 Å². The van der Waals surface area contributed by atoms with Crippen molar-refractivity contribution in [1.29, 1.82) is 0 Å². The summed E-state index contributed by atoms with van der Waals surface area (Å²) in [4.78, 5) is 47.4. The molecule has 0 radical (unpaired) electrons. The van der Waals surface area contributed by atoms with Gasteiger partial charge in [-0.15, -0.1) is 0 Å². The second-order valence-corrected chi connectivity index (χ2v) is 10.1. The molecule has 0 spiro atoms. The van der Waals surface area contributed by atoms with E-state index in [4.69, 9.17) is 4.74 Å². The Labute approximate surface area is 235 Å². The molecule has 1 aromatic heterocycles. The fraction of sp³-hybridized carbons (Fsp3) is 0.303. The summed E-state index contributed by atoms with van der Waals surface area (Å²) in [7, 11) is 3.25. The van der Waals surface area contributed by atoms with E-state index in [1.54, 1.807) is 50.6 Å². The Bertz CT molecular complexity index is 1460. The molecule has 7 nitrogen and oxygen atoms in total. The van der Waals surface area contributed by atoms with Crippen LogP contribution in [0.1, 0.15) is 47.8 Å². The number of fused-ring (bicyclic) bond motifs is 1. The van der Waals surface area contributed by atoms with Crippen molar-refractivity contribution in [2.24, 2.45) is 0 Å². The molecule has 4 rings (SSSR count). The summed E-state index contributed by atoms with van der Waals surface area (Å²) in [5.41, 5.74) is 1.77. The third-order valence-electron chi connectivity index (χ3n) is 7.58. The molecule has 208 valence electrons. The maximum Gasteiger partial charge on any atom is 0.260 e. The molecule has 2 unspecified atom stereocenters. The van der Waals surface area contributed by atoms with Crippen LogP contribution < -0.4 is 10.2 Å². The number of amides is 2. The van der Waals surface area contributed by atoms with Crippen LogP contribution in [0.2, 0.25) is 0 Å². The third-order valence-corrected chi connectivity index (χ3v) is 7.58. The molecule has 2 atom stereocenters. The average Bonchev–Trinajstić information content (AvgIpc) is 3.31. The Balaban J connectivity index is 1.78. The van der Waals surface area contributed by atoms with Gasteiger partial charge in [0, 0.05) is 42.0 Å². The number of anilines is 1. The number of benzene rings is 3. The summed E-state index contributed by atoms with van der Waals surface area (Å²) in [5.74, 6) is -1.35. The Morgan fingerprint density at radius 3 is 2.23 bits per heavy atom. The topological polar surface area (TPSA) is 91.5 Å². The first-order chi connectivity index (χ1) is 19.3. The maximum atomic E-state index is 14.4. The molecule has 40 heavy (non-hydrogen) atoms. The van der Waals surface area contributed by atoms with E-state index in [0.717, 1.165) is 22.2 Å². The summed E-state index contributed by atoms with van der Waals surface area (Å²) < 4.78 is 5.61. The van der Waals surface area contributed by atoms with E-state index in [-0.39, 0.29) is 18.9 Å². The smallest absolute Gasteiger partial charge is 0.260 e. The summed E-state index contributed by atoms with van der Waals surface area (Å²) in [6.45, 7) is 3.91. The standard InChI is InChI=1S/C33H37N3O4/c1-5-26(40-4)20-21-33(31(38)24-14-8-6-9-15-24,32(39)36(3)25-16-10-7-11-17-25)35-30(37)22-28-23(2)34-29-19-13-12-18-27(28)29/h6-19,26,34H,5,20-22H2,1-4H3,(H,35,37). The first kappa shape index (κ1) is 28.8. The van der Waals surface area contributed by atoms with Crippen LogP contribution in [-0.2, 0) is 20.7 Å². The Kier molecular flexibility index (Phi) is 9.17. The van der Waals surface area contributed by atoms with Crippen LogP contribution in [-0.4, -0.2) is 48.4 Å². The van der Waals surface area contributed by atoms with E-state index in [2.05, 4.69) is 10.3 Å². The number of likely N-dealkylation sites (N-methyl/N-ethyl adjacent to an activating group) is 1. The van der Waals surface area contributed by atoms with Gasteiger partial charge >= 0.3 is 0 Å². The highest BCUT2D eigenvalue weighted by Gasteiger charge is 2.49. The number of nitrogens with one attached hydrogen (secondary N) is 2. The number of aryl methyl sites for hydroxylation is 1.